The Bertz CT molecular complexity index is 565. The molecular formula is C14H15N3O3. The number of aromatic nitrogens is 2. The number of nitrogens with zero attached hydrogens (tertiary/aromatic N) is 3. The van der Waals surface area contributed by atoms with Gasteiger partial charge in [-0.2, -0.15) is 0 Å². The van der Waals surface area contributed by atoms with Gasteiger partial charge in [0.25, 0.3) is 0 Å². The summed E-state index contributed by atoms with van der Waals surface area (Å²) in [5.74, 6) is 0.784. The number of carboxylic acid groups (broad SMARTS) is 1. The zero-order chi connectivity index (χ0) is 13.9. The minimum absolute atomic E-state index is 0.0182. The van der Waals surface area contributed by atoms with Gasteiger partial charge in [-0.25, -0.2) is 4.79 Å². The molecule has 6 nitrogen and oxygen atoms in total. The van der Waals surface area contributed by atoms with Crippen LogP contribution in [0.4, 0.5) is 4.79 Å². The second-order valence-electron chi connectivity index (χ2n) is 5.00. The van der Waals surface area contributed by atoms with E-state index in [1.807, 2.05) is 30.3 Å². The van der Waals surface area contributed by atoms with Crippen molar-refractivity contribution in [2.75, 3.05) is 0 Å². The molecule has 1 aromatic carbocycles. The summed E-state index contributed by atoms with van der Waals surface area (Å²) in [6, 6.07) is 9.64. The largest absolute Gasteiger partial charge is 0.465 e. The third-order valence-electron chi connectivity index (χ3n) is 3.72. The first-order chi connectivity index (χ1) is 9.74. The molecule has 0 unspecified atom stereocenters. The third kappa shape index (κ3) is 2.49. The maximum atomic E-state index is 11.4. The van der Waals surface area contributed by atoms with Crippen LogP contribution in [0.1, 0.15) is 30.2 Å². The fraction of sp³-hybridized carbons (Fsp3) is 0.357. The molecule has 0 bridgehead atoms. The first-order valence-electron chi connectivity index (χ1n) is 6.53. The van der Waals surface area contributed by atoms with Crippen LogP contribution in [0.5, 0.6) is 0 Å². The highest BCUT2D eigenvalue weighted by molar-refractivity contribution is 5.65. The summed E-state index contributed by atoms with van der Waals surface area (Å²) in [7, 11) is 0. The van der Waals surface area contributed by atoms with Gasteiger partial charge in [-0.3, -0.25) is 0 Å². The molecule has 1 saturated carbocycles. The molecule has 0 atom stereocenters. The Balaban J connectivity index is 1.63. The Hall–Kier alpha value is -2.37. The first kappa shape index (κ1) is 12.7. The molecule has 2 aromatic rings. The van der Waals surface area contributed by atoms with E-state index in [0.29, 0.717) is 12.4 Å². The van der Waals surface area contributed by atoms with Gasteiger partial charge in [0, 0.05) is 18.5 Å². The summed E-state index contributed by atoms with van der Waals surface area (Å²) < 4.78 is 5.16. The first-order valence-corrected chi connectivity index (χ1v) is 6.53. The molecule has 1 aromatic heterocycles. The average molecular weight is 273 g/mol. The Morgan fingerprint density at radius 3 is 2.70 bits per heavy atom. The van der Waals surface area contributed by atoms with Gasteiger partial charge in [0.15, 0.2) is 0 Å². The standard InChI is InChI=1S/C14H15N3O3/c18-14(19)17(8-10-4-2-1-3-5-10)12-6-11(7-12)13-16-15-9-20-13/h1-5,9,11-12H,6-8H2,(H,18,19). The molecule has 3 rings (SSSR count). The molecule has 1 heterocycles. The Morgan fingerprint density at radius 2 is 2.10 bits per heavy atom. The fourth-order valence-corrected chi connectivity index (χ4v) is 2.54. The van der Waals surface area contributed by atoms with Crippen LogP contribution in [0.15, 0.2) is 41.1 Å². The predicted octanol–water partition coefficient (Wildman–Crippen LogP) is 2.50. The van der Waals surface area contributed by atoms with Gasteiger partial charge in [0.05, 0.1) is 0 Å². The van der Waals surface area contributed by atoms with E-state index in [4.69, 9.17) is 4.42 Å². The minimum atomic E-state index is -0.886. The summed E-state index contributed by atoms with van der Waals surface area (Å²) in [4.78, 5) is 12.9. The maximum absolute atomic E-state index is 11.4. The molecule has 1 fully saturated rings. The molecule has 1 N–H and O–H groups in total. The molecule has 0 spiro atoms. The van der Waals surface area contributed by atoms with Crippen LogP contribution in [0.3, 0.4) is 0 Å². The van der Waals surface area contributed by atoms with Crippen molar-refractivity contribution in [2.45, 2.75) is 31.3 Å². The number of rotatable bonds is 4. The van der Waals surface area contributed by atoms with Crippen molar-refractivity contribution in [2.24, 2.45) is 0 Å². The molecule has 104 valence electrons. The van der Waals surface area contributed by atoms with Gasteiger partial charge >= 0.3 is 6.09 Å². The lowest BCUT2D eigenvalue weighted by molar-refractivity contribution is 0.0779. The lowest BCUT2D eigenvalue weighted by atomic mass is 9.79. The monoisotopic (exact) mass is 273 g/mol. The summed E-state index contributed by atoms with van der Waals surface area (Å²) in [5, 5.41) is 16.9. The third-order valence-corrected chi connectivity index (χ3v) is 3.72. The van der Waals surface area contributed by atoms with E-state index in [2.05, 4.69) is 10.2 Å². The van der Waals surface area contributed by atoms with E-state index >= 15 is 0 Å². The van der Waals surface area contributed by atoms with Crippen molar-refractivity contribution in [1.82, 2.24) is 15.1 Å². The van der Waals surface area contributed by atoms with Crippen molar-refractivity contribution in [3.63, 3.8) is 0 Å². The highest BCUT2D eigenvalue weighted by Crippen LogP contribution is 2.39. The van der Waals surface area contributed by atoms with E-state index < -0.39 is 6.09 Å². The normalized spacial score (nSPS) is 21.2. The predicted molar refractivity (Wildman–Crippen MR) is 70.1 cm³/mol. The number of hydrogen-bond acceptors (Lipinski definition) is 4. The van der Waals surface area contributed by atoms with Crippen LogP contribution >= 0.6 is 0 Å². The summed E-state index contributed by atoms with van der Waals surface area (Å²) in [6.45, 7) is 0.414. The van der Waals surface area contributed by atoms with Gasteiger partial charge in [-0.05, 0) is 18.4 Å². The topological polar surface area (TPSA) is 79.5 Å². The molecule has 20 heavy (non-hydrogen) atoms. The highest BCUT2D eigenvalue weighted by atomic mass is 16.4. The number of benzene rings is 1. The molecule has 0 radical (unpaired) electrons. The van der Waals surface area contributed by atoms with Gasteiger partial charge in [-0.15, -0.1) is 10.2 Å². The molecule has 0 aliphatic heterocycles. The van der Waals surface area contributed by atoms with Crippen LogP contribution in [0.2, 0.25) is 0 Å². The van der Waals surface area contributed by atoms with Gasteiger partial charge in [-0.1, -0.05) is 30.3 Å². The van der Waals surface area contributed by atoms with Crippen LogP contribution in [-0.4, -0.2) is 32.3 Å². The van der Waals surface area contributed by atoms with Crippen LogP contribution < -0.4 is 0 Å². The second kappa shape index (κ2) is 5.32. The highest BCUT2D eigenvalue weighted by Gasteiger charge is 2.39. The zero-order valence-electron chi connectivity index (χ0n) is 10.8. The smallest absolute Gasteiger partial charge is 0.407 e. The summed E-state index contributed by atoms with van der Waals surface area (Å²) in [6.07, 6.45) is 1.90. The van der Waals surface area contributed by atoms with Gasteiger partial charge in [0.1, 0.15) is 0 Å². The minimum Gasteiger partial charge on any atom is -0.465 e. The molecule has 1 amide bonds. The van der Waals surface area contributed by atoms with Gasteiger partial charge in [0.2, 0.25) is 12.3 Å². The zero-order valence-corrected chi connectivity index (χ0v) is 10.8. The molecule has 1 aliphatic carbocycles. The van der Waals surface area contributed by atoms with Crippen LogP contribution in [0, 0.1) is 0 Å². The van der Waals surface area contributed by atoms with E-state index in [1.54, 1.807) is 0 Å². The van der Waals surface area contributed by atoms with E-state index in [-0.39, 0.29) is 12.0 Å². The fourth-order valence-electron chi connectivity index (χ4n) is 2.54. The maximum Gasteiger partial charge on any atom is 0.407 e. The lowest BCUT2D eigenvalue weighted by Gasteiger charge is -2.40. The number of carbonyl (C=O) groups is 1. The molecule has 6 heteroatoms. The number of amides is 1. The van der Waals surface area contributed by atoms with Crippen molar-refractivity contribution in [1.29, 1.82) is 0 Å². The Labute approximate surface area is 116 Å². The second-order valence-corrected chi connectivity index (χ2v) is 5.00. The van der Waals surface area contributed by atoms with Crippen molar-refractivity contribution in [3.05, 3.63) is 48.2 Å². The van der Waals surface area contributed by atoms with Crippen molar-refractivity contribution in [3.8, 4) is 0 Å². The van der Waals surface area contributed by atoms with E-state index in [0.717, 1.165) is 18.4 Å². The SMILES string of the molecule is O=C(O)N(Cc1ccccc1)C1CC(c2nnco2)C1. The Kier molecular flexibility index (Phi) is 3.37. The van der Waals surface area contributed by atoms with Crippen molar-refractivity contribution < 1.29 is 14.3 Å². The van der Waals surface area contributed by atoms with Crippen LogP contribution in [0.25, 0.3) is 0 Å². The molecule has 0 saturated heterocycles. The van der Waals surface area contributed by atoms with Crippen molar-refractivity contribution >= 4 is 6.09 Å². The van der Waals surface area contributed by atoms with Crippen LogP contribution in [-0.2, 0) is 6.54 Å². The molecule has 1 aliphatic rings. The van der Waals surface area contributed by atoms with E-state index in [1.165, 1.54) is 11.3 Å². The Morgan fingerprint density at radius 1 is 1.35 bits per heavy atom. The summed E-state index contributed by atoms with van der Waals surface area (Å²) in [5.41, 5.74) is 0.996. The average Bonchev–Trinajstić information content (AvgIpc) is 2.90. The number of hydrogen-bond donors (Lipinski definition) is 1. The lowest BCUT2D eigenvalue weighted by Crippen LogP contribution is -2.46. The van der Waals surface area contributed by atoms with E-state index in [9.17, 15) is 9.90 Å². The van der Waals surface area contributed by atoms with Gasteiger partial charge < -0.3 is 14.4 Å². The molecular weight excluding hydrogens is 258 g/mol. The quantitative estimate of drug-likeness (QED) is 0.925. The summed E-state index contributed by atoms with van der Waals surface area (Å²) >= 11 is 0.